The van der Waals surface area contributed by atoms with Gasteiger partial charge in [-0.15, -0.1) is 0 Å². The maximum Gasteiger partial charge on any atom is 0.244 e. The van der Waals surface area contributed by atoms with Gasteiger partial charge in [-0.25, -0.2) is 8.42 Å². The summed E-state index contributed by atoms with van der Waals surface area (Å²) in [4.78, 5) is 0.208. The first kappa shape index (κ1) is 13.8. The van der Waals surface area contributed by atoms with Crippen molar-refractivity contribution in [2.75, 3.05) is 7.05 Å². The molecule has 2 rings (SSSR count). The highest BCUT2D eigenvalue weighted by molar-refractivity contribution is 7.89. The largest absolute Gasteiger partial charge is 0.244 e. The van der Waals surface area contributed by atoms with E-state index >= 15 is 0 Å². The normalized spacial score (nSPS) is 18.2. The van der Waals surface area contributed by atoms with E-state index in [-0.39, 0.29) is 10.9 Å². The Balaban J connectivity index is 2.28. The fourth-order valence-electron chi connectivity index (χ4n) is 2.45. The predicted octanol–water partition coefficient (Wildman–Crippen LogP) is 3.29. The SMILES string of the molecule is CN(C1CCCCC1)S(=O)(=O)c1ccccc1Cl. The standard InChI is InChI=1S/C13H18ClNO2S/c1-15(11-7-3-2-4-8-11)18(16,17)13-10-6-5-9-12(13)14/h5-6,9-11H,2-4,7-8H2,1H3. The number of hydrogen-bond donors (Lipinski definition) is 0. The van der Waals surface area contributed by atoms with Crippen LogP contribution in [0.1, 0.15) is 32.1 Å². The van der Waals surface area contributed by atoms with Crippen LogP contribution in [-0.2, 0) is 10.0 Å². The Hall–Kier alpha value is -0.580. The van der Waals surface area contributed by atoms with Gasteiger partial charge in [-0.1, -0.05) is 43.0 Å². The van der Waals surface area contributed by atoms with Crippen molar-refractivity contribution in [2.24, 2.45) is 0 Å². The molecule has 1 aromatic rings. The molecule has 0 saturated heterocycles. The van der Waals surface area contributed by atoms with Gasteiger partial charge in [0, 0.05) is 13.1 Å². The highest BCUT2D eigenvalue weighted by atomic mass is 35.5. The summed E-state index contributed by atoms with van der Waals surface area (Å²) in [5.74, 6) is 0. The fraction of sp³-hybridized carbons (Fsp3) is 0.538. The van der Waals surface area contributed by atoms with E-state index in [1.807, 2.05) is 0 Å². The third-order valence-electron chi connectivity index (χ3n) is 3.58. The molecule has 0 N–H and O–H groups in total. The Bertz CT molecular complexity index is 509. The van der Waals surface area contributed by atoms with Crippen molar-refractivity contribution in [2.45, 2.75) is 43.0 Å². The lowest BCUT2D eigenvalue weighted by molar-refractivity contribution is 0.286. The molecule has 100 valence electrons. The molecule has 3 nitrogen and oxygen atoms in total. The van der Waals surface area contributed by atoms with Gasteiger partial charge >= 0.3 is 0 Å². The molecule has 1 saturated carbocycles. The number of halogens is 1. The smallest absolute Gasteiger partial charge is 0.207 e. The molecule has 5 heteroatoms. The molecule has 18 heavy (non-hydrogen) atoms. The van der Waals surface area contributed by atoms with Crippen molar-refractivity contribution in [1.82, 2.24) is 4.31 Å². The number of rotatable bonds is 3. The molecule has 0 spiro atoms. The van der Waals surface area contributed by atoms with Crippen LogP contribution in [0.2, 0.25) is 5.02 Å². The predicted molar refractivity (Wildman–Crippen MR) is 73.3 cm³/mol. The Labute approximate surface area is 114 Å². The van der Waals surface area contributed by atoms with Crippen LogP contribution in [0.3, 0.4) is 0 Å². The van der Waals surface area contributed by atoms with Gasteiger partial charge in [0.1, 0.15) is 4.90 Å². The van der Waals surface area contributed by atoms with Crippen LogP contribution in [-0.4, -0.2) is 25.8 Å². The first-order valence-electron chi connectivity index (χ1n) is 6.26. The average molecular weight is 288 g/mol. The van der Waals surface area contributed by atoms with Gasteiger partial charge in [-0.05, 0) is 25.0 Å². The molecule has 0 amide bonds. The van der Waals surface area contributed by atoms with Crippen molar-refractivity contribution in [3.8, 4) is 0 Å². The minimum Gasteiger partial charge on any atom is -0.207 e. The van der Waals surface area contributed by atoms with Gasteiger partial charge in [0.15, 0.2) is 0 Å². The zero-order valence-electron chi connectivity index (χ0n) is 10.5. The van der Waals surface area contributed by atoms with E-state index in [1.165, 1.54) is 10.7 Å². The zero-order chi connectivity index (χ0) is 13.2. The Kier molecular flexibility index (Phi) is 4.30. The van der Waals surface area contributed by atoms with Crippen molar-refractivity contribution in [3.63, 3.8) is 0 Å². The molecule has 0 radical (unpaired) electrons. The summed E-state index contributed by atoms with van der Waals surface area (Å²) in [6.45, 7) is 0. The second kappa shape index (κ2) is 5.59. The molecule has 1 fully saturated rings. The van der Waals surface area contributed by atoms with Crippen LogP contribution >= 0.6 is 11.6 Å². The van der Waals surface area contributed by atoms with Crippen LogP contribution in [0.4, 0.5) is 0 Å². The molecule has 0 aromatic heterocycles. The molecular formula is C13H18ClNO2S. The van der Waals surface area contributed by atoms with E-state index in [0.29, 0.717) is 5.02 Å². The molecule has 0 unspecified atom stereocenters. The van der Waals surface area contributed by atoms with Crippen molar-refractivity contribution >= 4 is 21.6 Å². The summed E-state index contributed by atoms with van der Waals surface area (Å²) in [6.07, 6.45) is 5.30. The van der Waals surface area contributed by atoms with E-state index in [9.17, 15) is 8.42 Å². The van der Waals surface area contributed by atoms with Crippen LogP contribution in [0.25, 0.3) is 0 Å². The lowest BCUT2D eigenvalue weighted by Gasteiger charge is -2.30. The molecule has 1 aliphatic rings. The van der Waals surface area contributed by atoms with Crippen molar-refractivity contribution in [3.05, 3.63) is 29.3 Å². The minimum absolute atomic E-state index is 0.111. The molecule has 1 aromatic carbocycles. The summed E-state index contributed by atoms with van der Waals surface area (Å²) >= 11 is 5.99. The first-order valence-corrected chi connectivity index (χ1v) is 8.08. The Morgan fingerprint density at radius 2 is 1.78 bits per heavy atom. The van der Waals surface area contributed by atoms with Crippen LogP contribution in [0.15, 0.2) is 29.2 Å². The van der Waals surface area contributed by atoms with Gasteiger partial charge in [0.25, 0.3) is 0 Å². The average Bonchev–Trinajstić information content (AvgIpc) is 2.39. The summed E-state index contributed by atoms with van der Waals surface area (Å²) in [7, 11) is -1.81. The fourth-order valence-corrected chi connectivity index (χ4v) is 4.36. The quantitative estimate of drug-likeness (QED) is 0.855. The maximum atomic E-state index is 12.5. The summed E-state index contributed by atoms with van der Waals surface area (Å²) in [5, 5.41) is 0.292. The number of benzene rings is 1. The lowest BCUT2D eigenvalue weighted by atomic mass is 9.96. The van der Waals surface area contributed by atoms with Gasteiger partial charge < -0.3 is 0 Å². The van der Waals surface area contributed by atoms with Gasteiger partial charge in [-0.3, -0.25) is 0 Å². The summed E-state index contributed by atoms with van der Waals surface area (Å²) in [5.41, 5.74) is 0. The zero-order valence-corrected chi connectivity index (χ0v) is 12.0. The number of hydrogen-bond acceptors (Lipinski definition) is 2. The van der Waals surface area contributed by atoms with Crippen LogP contribution in [0.5, 0.6) is 0 Å². The molecule has 0 heterocycles. The van der Waals surface area contributed by atoms with Crippen molar-refractivity contribution < 1.29 is 8.42 Å². The molecule has 0 aliphatic heterocycles. The van der Waals surface area contributed by atoms with Crippen LogP contribution in [0, 0.1) is 0 Å². The second-order valence-electron chi connectivity index (χ2n) is 4.74. The Morgan fingerprint density at radius 1 is 1.17 bits per heavy atom. The molecular weight excluding hydrogens is 270 g/mol. The molecule has 0 bridgehead atoms. The highest BCUT2D eigenvalue weighted by Gasteiger charge is 2.30. The molecule has 1 aliphatic carbocycles. The Morgan fingerprint density at radius 3 is 2.39 bits per heavy atom. The number of sulfonamides is 1. The summed E-state index contributed by atoms with van der Waals surface area (Å²) in [6, 6.07) is 6.73. The molecule has 0 atom stereocenters. The lowest BCUT2D eigenvalue weighted by Crippen LogP contribution is -2.38. The first-order chi connectivity index (χ1) is 8.53. The van der Waals surface area contributed by atoms with Crippen LogP contribution < -0.4 is 0 Å². The minimum atomic E-state index is -3.47. The van der Waals surface area contributed by atoms with Gasteiger partial charge in [-0.2, -0.15) is 4.31 Å². The second-order valence-corrected chi connectivity index (χ2v) is 7.12. The monoisotopic (exact) mass is 287 g/mol. The van der Waals surface area contributed by atoms with E-state index in [2.05, 4.69) is 0 Å². The third kappa shape index (κ3) is 2.71. The van der Waals surface area contributed by atoms with E-state index in [0.717, 1.165) is 25.7 Å². The topological polar surface area (TPSA) is 37.4 Å². The van der Waals surface area contributed by atoms with E-state index < -0.39 is 10.0 Å². The maximum absolute atomic E-state index is 12.5. The van der Waals surface area contributed by atoms with E-state index in [1.54, 1.807) is 31.3 Å². The van der Waals surface area contributed by atoms with Gasteiger partial charge in [0.2, 0.25) is 10.0 Å². The third-order valence-corrected chi connectivity index (χ3v) is 5.99. The van der Waals surface area contributed by atoms with Gasteiger partial charge in [0.05, 0.1) is 5.02 Å². The number of nitrogens with zero attached hydrogens (tertiary/aromatic N) is 1. The van der Waals surface area contributed by atoms with E-state index in [4.69, 9.17) is 11.6 Å². The van der Waals surface area contributed by atoms with Crippen molar-refractivity contribution in [1.29, 1.82) is 0 Å². The highest BCUT2D eigenvalue weighted by Crippen LogP contribution is 2.29. The summed E-state index contributed by atoms with van der Waals surface area (Å²) < 4.78 is 26.5.